The lowest BCUT2D eigenvalue weighted by atomic mass is 9.84. The number of rotatable bonds is 2. The standard InChI is InChI=1S/C15H20FN3/c1-2-10-3-6-12(7-4-10)19-14-8-5-11(16)9-13(14)18-15(19)17/h5,8-10,12H,2-4,6-7H2,1H3,(H2,17,18). The van der Waals surface area contributed by atoms with E-state index in [0.717, 1.165) is 24.3 Å². The molecular formula is C15H20FN3. The van der Waals surface area contributed by atoms with Gasteiger partial charge < -0.3 is 10.3 Å². The summed E-state index contributed by atoms with van der Waals surface area (Å²) >= 11 is 0. The van der Waals surface area contributed by atoms with Crippen molar-refractivity contribution in [3.8, 4) is 0 Å². The van der Waals surface area contributed by atoms with Crippen molar-refractivity contribution < 1.29 is 4.39 Å². The van der Waals surface area contributed by atoms with Gasteiger partial charge in [0.1, 0.15) is 5.82 Å². The van der Waals surface area contributed by atoms with Gasteiger partial charge in [-0.2, -0.15) is 0 Å². The van der Waals surface area contributed by atoms with Crippen molar-refractivity contribution in [2.75, 3.05) is 5.73 Å². The van der Waals surface area contributed by atoms with Crippen molar-refractivity contribution in [1.82, 2.24) is 9.55 Å². The van der Waals surface area contributed by atoms with Gasteiger partial charge in [-0.15, -0.1) is 0 Å². The molecule has 0 atom stereocenters. The van der Waals surface area contributed by atoms with Crippen LogP contribution < -0.4 is 5.73 Å². The maximum Gasteiger partial charge on any atom is 0.201 e. The molecule has 0 saturated heterocycles. The fraction of sp³-hybridized carbons (Fsp3) is 0.533. The van der Waals surface area contributed by atoms with Crippen LogP contribution in [0.3, 0.4) is 0 Å². The summed E-state index contributed by atoms with van der Waals surface area (Å²) in [5.41, 5.74) is 7.65. The van der Waals surface area contributed by atoms with Gasteiger partial charge in [-0.1, -0.05) is 13.3 Å². The molecule has 1 heterocycles. The number of hydrogen-bond donors (Lipinski definition) is 1. The zero-order valence-electron chi connectivity index (χ0n) is 11.3. The Labute approximate surface area is 112 Å². The molecule has 19 heavy (non-hydrogen) atoms. The Morgan fingerprint density at radius 1 is 1.32 bits per heavy atom. The quantitative estimate of drug-likeness (QED) is 0.891. The molecule has 0 aliphatic heterocycles. The average molecular weight is 261 g/mol. The Balaban J connectivity index is 1.94. The van der Waals surface area contributed by atoms with Crippen LogP contribution in [-0.4, -0.2) is 9.55 Å². The first-order valence-corrected chi connectivity index (χ1v) is 7.12. The Kier molecular flexibility index (Phi) is 3.17. The van der Waals surface area contributed by atoms with E-state index in [1.54, 1.807) is 6.07 Å². The SMILES string of the molecule is CCC1CCC(n2c(N)nc3cc(F)ccc32)CC1. The minimum Gasteiger partial charge on any atom is -0.369 e. The van der Waals surface area contributed by atoms with Gasteiger partial charge in [0.15, 0.2) is 0 Å². The number of hydrogen-bond acceptors (Lipinski definition) is 2. The first-order chi connectivity index (χ1) is 9.19. The first-order valence-electron chi connectivity index (χ1n) is 7.12. The number of anilines is 1. The van der Waals surface area contributed by atoms with Crippen LogP contribution in [0.5, 0.6) is 0 Å². The molecule has 1 aromatic heterocycles. The largest absolute Gasteiger partial charge is 0.369 e. The molecule has 0 unspecified atom stereocenters. The lowest BCUT2D eigenvalue weighted by molar-refractivity contribution is 0.275. The van der Waals surface area contributed by atoms with Crippen molar-refractivity contribution in [2.24, 2.45) is 5.92 Å². The van der Waals surface area contributed by atoms with Crippen LogP contribution in [0.2, 0.25) is 0 Å². The van der Waals surface area contributed by atoms with Gasteiger partial charge in [-0.3, -0.25) is 0 Å². The number of aromatic nitrogens is 2. The molecule has 4 heteroatoms. The Hall–Kier alpha value is -1.58. The van der Waals surface area contributed by atoms with Crippen LogP contribution in [-0.2, 0) is 0 Å². The summed E-state index contributed by atoms with van der Waals surface area (Å²) in [5.74, 6) is 1.11. The third-order valence-corrected chi connectivity index (χ3v) is 4.44. The predicted molar refractivity (Wildman–Crippen MR) is 75.4 cm³/mol. The molecule has 1 aliphatic carbocycles. The number of fused-ring (bicyclic) bond motifs is 1. The second-order valence-corrected chi connectivity index (χ2v) is 5.56. The van der Waals surface area contributed by atoms with Crippen LogP contribution >= 0.6 is 0 Å². The van der Waals surface area contributed by atoms with E-state index in [4.69, 9.17) is 5.73 Å². The Morgan fingerprint density at radius 3 is 2.74 bits per heavy atom. The van der Waals surface area contributed by atoms with Crippen molar-refractivity contribution in [1.29, 1.82) is 0 Å². The predicted octanol–water partition coefficient (Wildman–Crippen LogP) is 3.90. The van der Waals surface area contributed by atoms with Gasteiger partial charge in [-0.05, 0) is 43.7 Å². The molecule has 3 nitrogen and oxygen atoms in total. The molecule has 102 valence electrons. The highest BCUT2D eigenvalue weighted by Crippen LogP contribution is 2.36. The van der Waals surface area contributed by atoms with E-state index in [1.165, 1.54) is 31.4 Å². The number of imidazole rings is 1. The van der Waals surface area contributed by atoms with Crippen LogP contribution in [0.4, 0.5) is 10.3 Å². The Morgan fingerprint density at radius 2 is 2.05 bits per heavy atom. The molecule has 0 bridgehead atoms. The lowest BCUT2D eigenvalue weighted by Crippen LogP contribution is -2.19. The zero-order valence-corrected chi connectivity index (χ0v) is 11.3. The number of nitrogen functional groups attached to an aromatic ring is 1. The van der Waals surface area contributed by atoms with Gasteiger partial charge in [0.25, 0.3) is 0 Å². The minimum absolute atomic E-state index is 0.258. The smallest absolute Gasteiger partial charge is 0.201 e. The van der Waals surface area contributed by atoms with Crippen molar-refractivity contribution in [2.45, 2.75) is 45.1 Å². The van der Waals surface area contributed by atoms with Gasteiger partial charge in [0.2, 0.25) is 5.95 Å². The van der Waals surface area contributed by atoms with E-state index < -0.39 is 0 Å². The third-order valence-electron chi connectivity index (χ3n) is 4.44. The summed E-state index contributed by atoms with van der Waals surface area (Å²) in [4.78, 5) is 4.29. The van der Waals surface area contributed by atoms with E-state index in [0.29, 0.717) is 17.5 Å². The Bertz CT molecular complexity index is 582. The maximum atomic E-state index is 13.2. The van der Waals surface area contributed by atoms with Crippen LogP contribution in [0.25, 0.3) is 11.0 Å². The van der Waals surface area contributed by atoms with E-state index in [2.05, 4.69) is 16.5 Å². The highest BCUT2D eigenvalue weighted by molar-refractivity contribution is 5.78. The van der Waals surface area contributed by atoms with Crippen molar-refractivity contribution in [3.05, 3.63) is 24.0 Å². The molecule has 1 saturated carbocycles. The summed E-state index contributed by atoms with van der Waals surface area (Å²) in [6.07, 6.45) is 6.05. The third kappa shape index (κ3) is 2.20. The highest BCUT2D eigenvalue weighted by Gasteiger charge is 2.24. The molecule has 0 radical (unpaired) electrons. The fourth-order valence-corrected chi connectivity index (χ4v) is 3.29. The summed E-state index contributed by atoms with van der Waals surface area (Å²) in [5, 5.41) is 0. The molecular weight excluding hydrogens is 241 g/mol. The fourth-order valence-electron chi connectivity index (χ4n) is 3.29. The van der Waals surface area contributed by atoms with Gasteiger partial charge in [-0.25, -0.2) is 9.37 Å². The normalized spacial score (nSPS) is 23.9. The van der Waals surface area contributed by atoms with Gasteiger partial charge >= 0.3 is 0 Å². The number of nitrogens with two attached hydrogens (primary N) is 1. The van der Waals surface area contributed by atoms with E-state index in [9.17, 15) is 4.39 Å². The number of halogens is 1. The molecule has 2 N–H and O–H groups in total. The molecule has 1 aromatic carbocycles. The summed E-state index contributed by atoms with van der Waals surface area (Å²) in [7, 11) is 0. The van der Waals surface area contributed by atoms with Gasteiger partial charge in [0.05, 0.1) is 11.0 Å². The monoisotopic (exact) mass is 261 g/mol. The van der Waals surface area contributed by atoms with E-state index in [-0.39, 0.29) is 5.82 Å². The molecule has 0 amide bonds. The van der Waals surface area contributed by atoms with Crippen molar-refractivity contribution >= 4 is 17.0 Å². The zero-order chi connectivity index (χ0) is 13.4. The number of benzene rings is 1. The molecule has 0 spiro atoms. The van der Waals surface area contributed by atoms with Crippen LogP contribution in [0.1, 0.15) is 45.1 Å². The van der Waals surface area contributed by atoms with Crippen LogP contribution in [0.15, 0.2) is 18.2 Å². The molecule has 1 aliphatic rings. The van der Waals surface area contributed by atoms with Gasteiger partial charge in [0, 0.05) is 12.1 Å². The summed E-state index contributed by atoms with van der Waals surface area (Å²) in [6, 6.07) is 5.15. The summed E-state index contributed by atoms with van der Waals surface area (Å²) in [6.45, 7) is 2.26. The first kappa shape index (κ1) is 12.5. The molecule has 3 rings (SSSR count). The molecule has 1 fully saturated rings. The topological polar surface area (TPSA) is 43.8 Å². The van der Waals surface area contributed by atoms with Crippen molar-refractivity contribution in [3.63, 3.8) is 0 Å². The lowest BCUT2D eigenvalue weighted by Gasteiger charge is -2.29. The van der Waals surface area contributed by atoms with E-state index in [1.807, 2.05) is 0 Å². The minimum atomic E-state index is -0.258. The van der Waals surface area contributed by atoms with E-state index >= 15 is 0 Å². The molecule has 2 aromatic rings. The average Bonchev–Trinajstić information content (AvgIpc) is 2.74. The number of nitrogens with zero attached hydrogens (tertiary/aromatic N) is 2. The highest BCUT2D eigenvalue weighted by atomic mass is 19.1. The second-order valence-electron chi connectivity index (χ2n) is 5.56. The maximum absolute atomic E-state index is 13.2. The summed E-state index contributed by atoms with van der Waals surface area (Å²) < 4.78 is 15.3. The van der Waals surface area contributed by atoms with Crippen LogP contribution in [0, 0.1) is 11.7 Å². The second kappa shape index (κ2) is 4.83.